The highest BCUT2D eigenvalue weighted by atomic mass is 16.5. The Morgan fingerprint density at radius 2 is 2.06 bits per heavy atom. The van der Waals surface area contributed by atoms with Gasteiger partial charge < -0.3 is 9.64 Å². The van der Waals surface area contributed by atoms with Crippen molar-refractivity contribution in [2.45, 2.75) is 26.3 Å². The third kappa shape index (κ3) is 1.74. The highest BCUT2D eigenvalue weighted by Crippen LogP contribution is 2.35. The summed E-state index contributed by atoms with van der Waals surface area (Å²) < 4.78 is 5.26. The molecule has 1 aromatic rings. The Labute approximate surface area is 108 Å². The number of hydrogen-bond donors (Lipinski definition) is 0. The van der Waals surface area contributed by atoms with Gasteiger partial charge in [0.1, 0.15) is 0 Å². The number of carbonyl (C=O) groups is 1. The Kier molecular flexibility index (Phi) is 2.86. The van der Waals surface area contributed by atoms with Crippen molar-refractivity contribution in [2.24, 2.45) is 5.41 Å². The van der Waals surface area contributed by atoms with Crippen LogP contribution in [0.5, 0.6) is 0 Å². The average molecular weight is 245 g/mol. The summed E-state index contributed by atoms with van der Waals surface area (Å²) >= 11 is 0. The fraction of sp³-hybridized carbons (Fsp3) is 0.533. The van der Waals surface area contributed by atoms with Crippen LogP contribution in [0.2, 0.25) is 0 Å². The summed E-state index contributed by atoms with van der Waals surface area (Å²) in [4.78, 5) is 14.6. The number of amides is 1. The highest BCUT2D eigenvalue weighted by Gasteiger charge is 2.46. The smallest absolute Gasteiger partial charge is 0.233 e. The van der Waals surface area contributed by atoms with Crippen LogP contribution in [-0.4, -0.2) is 30.6 Å². The molecule has 0 atom stereocenters. The van der Waals surface area contributed by atoms with E-state index in [0.29, 0.717) is 13.2 Å². The van der Waals surface area contributed by atoms with Crippen molar-refractivity contribution in [3.63, 3.8) is 0 Å². The lowest BCUT2D eigenvalue weighted by Crippen LogP contribution is -2.55. The zero-order valence-corrected chi connectivity index (χ0v) is 10.8. The minimum absolute atomic E-state index is 0.230. The Hall–Kier alpha value is -1.35. The fourth-order valence-corrected chi connectivity index (χ4v) is 2.83. The third-order valence-corrected chi connectivity index (χ3v) is 4.31. The van der Waals surface area contributed by atoms with Crippen LogP contribution < -0.4 is 0 Å². The average Bonchev–Trinajstić information content (AvgIpc) is 2.37. The molecule has 2 aliphatic rings. The van der Waals surface area contributed by atoms with E-state index >= 15 is 0 Å². The van der Waals surface area contributed by atoms with Crippen molar-refractivity contribution >= 4 is 5.91 Å². The number of nitrogens with zero attached hydrogens (tertiary/aromatic N) is 1. The summed E-state index contributed by atoms with van der Waals surface area (Å²) in [6, 6.07) is 8.42. The summed E-state index contributed by atoms with van der Waals surface area (Å²) in [5.74, 6) is 0.283. The quantitative estimate of drug-likeness (QED) is 0.797. The molecular formula is C15H19NO2. The Bertz CT molecular complexity index is 460. The maximum absolute atomic E-state index is 12.6. The summed E-state index contributed by atoms with van der Waals surface area (Å²) in [7, 11) is 0. The van der Waals surface area contributed by atoms with E-state index in [1.54, 1.807) is 0 Å². The highest BCUT2D eigenvalue weighted by molar-refractivity contribution is 5.84. The molecule has 3 rings (SSSR count). The van der Waals surface area contributed by atoms with E-state index in [9.17, 15) is 4.79 Å². The monoisotopic (exact) mass is 245 g/mol. The summed E-state index contributed by atoms with van der Waals surface area (Å²) in [5, 5.41) is 0. The molecule has 0 spiro atoms. The molecule has 0 bridgehead atoms. The van der Waals surface area contributed by atoms with Crippen LogP contribution in [0, 0.1) is 5.41 Å². The molecule has 18 heavy (non-hydrogen) atoms. The van der Waals surface area contributed by atoms with Crippen molar-refractivity contribution in [3.8, 4) is 0 Å². The molecule has 1 amide bonds. The molecule has 0 aliphatic carbocycles. The maximum Gasteiger partial charge on any atom is 0.233 e. The third-order valence-electron chi connectivity index (χ3n) is 4.31. The van der Waals surface area contributed by atoms with E-state index in [1.165, 1.54) is 11.1 Å². The number of fused-ring (bicyclic) bond motifs is 1. The van der Waals surface area contributed by atoms with Gasteiger partial charge in [-0.2, -0.15) is 0 Å². The first-order chi connectivity index (χ1) is 8.75. The molecule has 1 fully saturated rings. The molecule has 1 saturated heterocycles. The molecule has 0 aromatic heterocycles. The topological polar surface area (TPSA) is 29.5 Å². The largest absolute Gasteiger partial charge is 0.379 e. The molecule has 1 aromatic carbocycles. The lowest BCUT2D eigenvalue weighted by Gasteiger charge is -2.43. The first-order valence-corrected chi connectivity index (χ1v) is 6.69. The van der Waals surface area contributed by atoms with Gasteiger partial charge in [0, 0.05) is 13.1 Å². The Morgan fingerprint density at radius 3 is 2.67 bits per heavy atom. The number of ether oxygens (including phenoxy) is 1. The van der Waals surface area contributed by atoms with Gasteiger partial charge in [-0.05, 0) is 24.0 Å². The molecule has 3 nitrogen and oxygen atoms in total. The molecule has 2 heterocycles. The van der Waals surface area contributed by atoms with E-state index in [2.05, 4.69) is 31.2 Å². The van der Waals surface area contributed by atoms with Gasteiger partial charge >= 0.3 is 0 Å². The summed E-state index contributed by atoms with van der Waals surface area (Å²) in [5.41, 5.74) is 2.45. The Balaban J connectivity index is 1.78. The zero-order chi connectivity index (χ0) is 12.6. The van der Waals surface area contributed by atoms with Gasteiger partial charge in [0.2, 0.25) is 5.91 Å². The first kappa shape index (κ1) is 11.7. The van der Waals surface area contributed by atoms with E-state index in [-0.39, 0.29) is 11.3 Å². The molecule has 96 valence electrons. The number of carbonyl (C=O) groups excluding carboxylic acids is 1. The zero-order valence-electron chi connectivity index (χ0n) is 10.8. The van der Waals surface area contributed by atoms with Crippen molar-refractivity contribution in [1.29, 1.82) is 0 Å². The predicted molar refractivity (Wildman–Crippen MR) is 69.1 cm³/mol. The number of benzene rings is 1. The van der Waals surface area contributed by atoms with E-state index < -0.39 is 0 Å². The van der Waals surface area contributed by atoms with Crippen LogP contribution in [0.1, 0.15) is 24.5 Å². The molecule has 0 unspecified atom stereocenters. The van der Waals surface area contributed by atoms with Crippen LogP contribution in [-0.2, 0) is 22.5 Å². The van der Waals surface area contributed by atoms with Crippen molar-refractivity contribution in [3.05, 3.63) is 35.4 Å². The van der Waals surface area contributed by atoms with Crippen molar-refractivity contribution < 1.29 is 9.53 Å². The molecule has 0 N–H and O–H groups in total. The molecule has 3 heteroatoms. The van der Waals surface area contributed by atoms with Crippen LogP contribution in [0.3, 0.4) is 0 Å². The molecule has 2 aliphatic heterocycles. The van der Waals surface area contributed by atoms with Crippen LogP contribution >= 0.6 is 0 Å². The summed E-state index contributed by atoms with van der Waals surface area (Å²) in [6.07, 6.45) is 1.85. The van der Waals surface area contributed by atoms with Crippen molar-refractivity contribution in [1.82, 2.24) is 4.90 Å². The summed E-state index contributed by atoms with van der Waals surface area (Å²) in [6.45, 7) is 4.88. The SMILES string of the molecule is CCC1(C(=O)N2CCc3ccccc3C2)COC1. The molecule has 0 radical (unpaired) electrons. The minimum atomic E-state index is -0.230. The minimum Gasteiger partial charge on any atom is -0.379 e. The first-order valence-electron chi connectivity index (χ1n) is 6.69. The van der Waals surface area contributed by atoms with Gasteiger partial charge in [0.15, 0.2) is 0 Å². The van der Waals surface area contributed by atoms with E-state index in [1.807, 2.05) is 4.90 Å². The number of hydrogen-bond acceptors (Lipinski definition) is 2. The van der Waals surface area contributed by atoms with E-state index in [4.69, 9.17) is 4.74 Å². The molecule has 0 saturated carbocycles. The van der Waals surface area contributed by atoms with Gasteiger partial charge in [-0.3, -0.25) is 4.79 Å². The maximum atomic E-state index is 12.6. The van der Waals surface area contributed by atoms with Gasteiger partial charge in [-0.25, -0.2) is 0 Å². The fourth-order valence-electron chi connectivity index (χ4n) is 2.83. The second kappa shape index (κ2) is 4.39. The predicted octanol–water partition coefficient (Wildman–Crippen LogP) is 2.00. The second-order valence-electron chi connectivity index (χ2n) is 5.37. The lowest BCUT2D eigenvalue weighted by atomic mass is 9.81. The number of rotatable bonds is 2. The second-order valence-corrected chi connectivity index (χ2v) is 5.37. The molecular weight excluding hydrogens is 226 g/mol. The van der Waals surface area contributed by atoms with Crippen molar-refractivity contribution in [2.75, 3.05) is 19.8 Å². The van der Waals surface area contributed by atoms with Gasteiger partial charge in [-0.15, -0.1) is 0 Å². The Morgan fingerprint density at radius 1 is 1.33 bits per heavy atom. The lowest BCUT2D eigenvalue weighted by molar-refractivity contribution is -0.174. The standard InChI is InChI=1S/C15H19NO2/c1-2-15(10-18-11-15)14(17)16-8-7-12-5-3-4-6-13(12)9-16/h3-6H,2,7-11H2,1H3. The van der Waals surface area contributed by atoms with Crippen LogP contribution in [0.25, 0.3) is 0 Å². The van der Waals surface area contributed by atoms with E-state index in [0.717, 1.165) is 25.9 Å². The van der Waals surface area contributed by atoms with Crippen LogP contribution in [0.15, 0.2) is 24.3 Å². The van der Waals surface area contributed by atoms with Gasteiger partial charge in [0.05, 0.1) is 18.6 Å². The van der Waals surface area contributed by atoms with Gasteiger partial charge in [-0.1, -0.05) is 31.2 Å². The van der Waals surface area contributed by atoms with Gasteiger partial charge in [0.25, 0.3) is 0 Å². The normalized spacial score (nSPS) is 21.1. The van der Waals surface area contributed by atoms with Crippen LogP contribution in [0.4, 0.5) is 0 Å².